The van der Waals surface area contributed by atoms with Crippen LogP contribution in [-0.4, -0.2) is 17.4 Å². The zero-order valence-electron chi connectivity index (χ0n) is 9.09. The highest BCUT2D eigenvalue weighted by Crippen LogP contribution is 2.31. The number of aromatic amines is 1. The van der Waals surface area contributed by atoms with E-state index in [4.69, 9.17) is 23.2 Å². The van der Waals surface area contributed by atoms with Crippen molar-refractivity contribution in [3.8, 4) is 0 Å². The summed E-state index contributed by atoms with van der Waals surface area (Å²) in [5, 5.41) is 5.43. The lowest BCUT2D eigenvalue weighted by molar-refractivity contribution is 0.537. The minimum Gasteiger partial charge on any atom is -0.357 e. The summed E-state index contributed by atoms with van der Waals surface area (Å²) in [7, 11) is 0. The van der Waals surface area contributed by atoms with Gasteiger partial charge in [0, 0.05) is 27.5 Å². The molecule has 2 N–H and O–H groups in total. The first-order valence-electron chi connectivity index (χ1n) is 5.39. The van der Waals surface area contributed by atoms with Crippen LogP contribution in [0.2, 0.25) is 5.02 Å². The molecule has 0 saturated carbocycles. The molecule has 2 nitrogen and oxygen atoms in total. The lowest BCUT2D eigenvalue weighted by atomic mass is 10.0. The average molecular weight is 292 g/mol. The van der Waals surface area contributed by atoms with E-state index in [0.717, 1.165) is 23.5 Å². The predicted octanol–water partition coefficient (Wildman–Crippen LogP) is 3.67. The van der Waals surface area contributed by atoms with Crippen molar-refractivity contribution in [2.75, 3.05) is 12.4 Å². The summed E-state index contributed by atoms with van der Waals surface area (Å²) in [6.45, 7) is 0.976. The van der Waals surface area contributed by atoms with E-state index in [1.807, 2.05) is 18.2 Å². The molecule has 0 radical (unpaired) electrons. The Hall–Kier alpha value is -0.410. The summed E-state index contributed by atoms with van der Waals surface area (Å²) < 4.78 is 0. The molecule has 5 heteroatoms. The van der Waals surface area contributed by atoms with E-state index in [-0.39, 0.29) is 18.4 Å². The van der Waals surface area contributed by atoms with Crippen LogP contribution in [-0.2, 0) is 6.42 Å². The number of benzene rings is 1. The molecule has 0 spiro atoms. The Bertz CT molecular complexity index is 536. The number of halogens is 3. The molecular weight excluding hydrogens is 279 g/mol. The standard InChI is InChI=1S/C12H12Cl2N2.ClH/c13-6-11-12-8(3-4-15-11)9-5-7(14)1-2-10(9)16-12;/h1-2,5,11,15-16H,3-4,6H2;1H. The van der Waals surface area contributed by atoms with Crippen molar-refractivity contribution in [1.29, 1.82) is 0 Å². The van der Waals surface area contributed by atoms with E-state index in [1.54, 1.807) is 0 Å². The van der Waals surface area contributed by atoms with Crippen molar-refractivity contribution in [3.05, 3.63) is 34.5 Å². The highest BCUT2D eigenvalue weighted by atomic mass is 35.5. The average Bonchev–Trinajstić information content (AvgIpc) is 2.67. The topological polar surface area (TPSA) is 27.8 Å². The minimum atomic E-state index is 0. The molecule has 0 fully saturated rings. The summed E-state index contributed by atoms with van der Waals surface area (Å²) in [4.78, 5) is 3.44. The zero-order chi connectivity index (χ0) is 11.1. The summed E-state index contributed by atoms with van der Waals surface area (Å²) in [5.41, 5.74) is 3.73. The van der Waals surface area contributed by atoms with Crippen molar-refractivity contribution in [1.82, 2.24) is 10.3 Å². The Morgan fingerprint density at radius 2 is 2.18 bits per heavy atom. The molecule has 3 rings (SSSR count). The molecule has 1 atom stereocenters. The van der Waals surface area contributed by atoms with E-state index < -0.39 is 0 Å². The second-order valence-corrected chi connectivity index (χ2v) is 4.86. The van der Waals surface area contributed by atoms with Crippen molar-refractivity contribution in [2.45, 2.75) is 12.5 Å². The van der Waals surface area contributed by atoms with Crippen LogP contribution in [0.4, 0.5) is 0 Å². The van der Waals surface area contributed by atoms with Gasteiger partial charge in [0.25, 0.3) is 0 Å². The lowest BCUT2D eigenvalue weighted by Gasteiger charge is -2.22. The van der Waals surface area contributed by atoms with Crippen LogP contribution in [0.1, 0.15) is 17.3 Å². The number of aromatic nitrogens is 1. The molecule has 17 heavy (non-hydrogen) atoms. The van der Waals surface area contributed by atoms with E-state index in [0.29, 0.717) is 5.88 Å². The summed E-state index contributed by atoms with van der Waals surface area (Å²) >= 11 is 12.0. The number of hydrogen-bond donors (Lipinski definition) is 2. The molecule has 1 aromatic carbocycles. The van der Waals surface area contributed by atoms with Gasteiger partial charge >= 0.3 is 0 Å². The summed E-state index contributed by atoms with van der Waals surface area (Å²) in [5.74, 6) is 0.591. The molecule has 2 heterocycles. The van der Waals surface area contributed by atoms with E-state index >= 15 is 0 Å². The smallest absolute Gasteiger partial charge is 0.0613 e. The van der Waals surface area contributed by atoms with Crippen LogP contribution in [0.25, 0.3) is 10.9 Å². The van der Waals surface area contributed by atoms with E-state index in [2.05, 4.69) is 10.3 Å². The number of nitrogens with one attached hydrogen (secondary N) is 2. The summed E-state index contributed by atoms with van der Waals surface area (Å²) in [6.07, 6.45) is 1.03. The van der Waals surface area contributed by atoms with Gasteiger partial charge in [-0.25, -0.2) is 0 Å². The summed E-state index contributed by atoms with van der Waals surface area (Å²) in [6, 6.07) is 6.20. The fourth-order valence-electron chi connectivity index (χ4n) is 2.41. The van der Waals surface area contributed by atoms with Crippen LogP contribution in [0.15, 0.2) is 18.2 Å². The van der Waals surface area contributed by atoms with Gasteiger partial charge in [0.1, 0.15) is 0 Å². The lowest BCUT2D eigenvalue weighted by Crippen LogP contribution is -2.30. The maximum Gasteiger partial charge on any atom is 0.0613 e. The molecule has 0 aliphatic carbocycles. The highest BCUT2D eigenvalue weighted by molar-refractivity contribution is 6.31. The third-order valence-corrected chi connectivity index (χ3v) is 3.71. The van der Waals surface area contributed by atoms with Crippen LogP contribution in [0.5, 0.6) is 0 Å². The molecule has 0 bridgehead atoms. The second kappa shape index (κ2) is 5.07. The van der Waals surface area contributed by atoms with E-state index in [1.165, 1.54) is 16.6 Å². The van der Waals surface area contributed by atoms with Crippen molar-refractivity contribution < 1.29 is 0 Å². The van der Waals surface area contributed by atoms with Crippen molar-refractivity contribution in [3.63, 3.8) is 0 Å². The van der Waals surface area contributed by atoms with Gasteiger partial charge < -0.3 is 10.3 Å². The quantitative estimate of drug-likeness (QED) is 0.771. The number of hydrogen-bond acceptors (Lipinski definition) is 1. The highest BCUT2D eigenvalue weighted by Gasteiger charge is 2.22. The fourth-order valence-corrected chi connectivity index (χ4v) is 2.85. The Morgan fingerprint density at radius 3 is 2.94 bits per heavy atom. The third kappa shape index (κ3) is 2.15. The van der Waals surface area contributed by atoms with Crippen molar-refractivity contribution in [2.24, 2.45) is 0 Å². The number of alkyl halides is 1. The predicted molar refractivity (Wildman–Crippen MR) is 75.7 cm³/mol. The van der Waals surface area contributed by atoms with Gasteiger partial charge in [-0.05, 0) is 36.7 Å². The van der Waals surface area contributed by atoms with Crippen LogP contribution >= 0.6 is 35.6 Å². The molecule has 1 aliphatic heterocycles. The van der Waals surface area contributed by atoms with Crippen LogP contribution < -0.4 is 5.32 Å². The monoisotopic (exact) mass is 290 g/mol. The normalized spacial score (nSPS) is 18.8. The number of H-pyrrole nitrogens is 1. The van der Waals surface area contributed by atoms with Gasteiger partial charge in [-0.2, -0.15) is 0 Å². The Balaban J connectivity index is 0.00000108. The molecule has 1 aromatic heterocycles. The zero-order valence-corrected chi connectivity index (χ0v) is 11.4. The maximum absolute atomic E-state index is 6.03. The molecule has 2 aromatic rings. The second-order valence-electron chi connectivity index (χ2n) is 4.12. The minimum absolute atomic E-state index is 0. The van der Waals surface area contributed by atoms with Gasteiger partial charge in [0.15, 0.2) is 0 Å². The molecule has 1 aliphatic rings. The molecule has 92 valence electrons. The van der Waals surface area contributed by atoms with Gasteiger partial charge in [0.05, 0.1) is 6.04 Å². The first-order chi connectivity index (χ1) is 7.79. The molecular formula is C12H13Cl3N2. The first kappa shape index (κ1) is 13.0. The Kier molecular flexibility index (Phi) is 3.88. The third-order valence-electron chi connectivity index (χ3n) is 3.17. The molecule has 0 saturated heterocycles. The van der Waals surface area contributed by atoms with E-state index in [9.17, 15) is 0 Å². The van der Waals surface area contributed by atoms with Crippen LogP contribution in [0.3, 0.4) is 0 Å². The Labute approximate surface area is 116 Å². The van der Waals surface area contributed by atoms with Gasteiger partial charge in [-0.3, -0.25) is 0 Å². The molecule has 0 amide bonds. The fraction of sp³-hybridized carbons (Fsp3) is 0.333. The SMILES string of the molecule is Cl.ClCC1NCCc2c1[nH]c1ccc(Cl)cc21. The maximum atomic E-state index is 6.03. The van der Waals surface area contributed by atoms with Crippen LogP contribution in [0, 0.1) is 0 Å². The number of rotatable bonds is 1. The van der Waals surface area contributed by atoms with Gasteiger partial charge in [0.2, 0.25) is 0 Å². The Morgan fingerprint density at radius 1 is 1.35 bits per heavy atom. The largest absolute Gasteiger partial charge is 0.357 e. The number of fused-ring (bicyclic) bond motifs is 3. The van der Waals surface area contributed by atoms with Gasteiger partial charge in [-0.15, -0.1) is 24.0 Å². The molecule has 1 unspecified atom stereocenters. The van der Waals surface area contributed by atoms with Crippen molar-refractivity contribution >= 4 is 46.5 Å². The first-order valence-corrected chi connectivity index (χ1v) is 6.30. The van der Waals surface area contributed by atoms with Gasteiger partial charge in [-0.1, -0.05) is 11.6 Å².